The summed E-state index contributed by atoms with van der Waals surface area (Å²) in [5.74, 6) is 0. The maximum atomic E-state index is 6.66. The van der Waals surface area contributed by atoms with Gasteiger partial charge in [0, 0.05) is 13.2 Å². The quantitative estimate of drug-likeness (QED) is 0.315. The fraction of sp³-hybridized carbons (Fsp3) is 1.00. The van der Waals surface area contributed by atoms with E-state index in [0.717, 1.165) is 32.5 Å². The second-order valence-electron chi connectivity index (χ2n) is 13.8. The van der Waals surface area contributed by atoms with Crippen LogP contribution in [0, 0.1) is 16.2 Å². The Balaban J connectivity index is 4.94. The maximum absolute atomic E-state index is 6.66. The Morgan fingerprint density at radius 2 is 1.03 bits per heavy atom. The van der Waals surface area contributed by atoms with Crippen molar-refractivity contribution in [2.24, 2.45) is 16.2 Å². The minimum absolute atomic E-state index is 0.000129. The highest BCUT2D eigenvalue weighted by atomic mass is 16.5. The van der Waals surface area contributed by atoms with Gasteiger partial charge in [0.2, 0.25) is 0 Å². The Bertz CT molecular complexity index is 455. The van der Waals surface area contributed by atoms with Gasteiger partial charge in [0.1, 0.15) is 0 Å². The van der Waals surface area contributed by atoms with Crippen LogP contribution in [0.25, 0.3) is 0 Å². The van der Waals surface area contributed by atoms with E-state index in [1.165, 1.54) is 0 Å². The summed E-state index contributed by atoms with van der Waals surface area (Å²) in [6.45, 7) is 34.9. The van der Waals surface area contributed by atoms with Crippen molar-refractivity contribution in [3.8, 4) is 0 Å². The molecule has 0 saturated heterocycles. The Morgan fingerprint density at radius 3 is 1.47 bits per heavy atom. The van der Waals surface area contributed by atoms with Crippen LogP contribution in [0.5, 0.6) is 0 Å². The van der Waals surface area contributed by atoms with Crippen LogP contribution < -0.4 is 0 Å². The molecule has 0 N–H and O–H groups in total. The van der Waals surface area contributed by atoms with Crippen molar-refractivity contribution >= 4 is 0 Å². The Hall–Kier alpha value is -0.120. The van der Waals surface area contributed by atoms with E-state index in [-0.39, 0.29) is 33.7 Å². The highest BCUT2D eigenvalue weighted by Crippen LogP contribution is 2.42. The highest BCUT2D eigenvalue weighted by Gasteiger charge is 2.43. The molecule has 30 heavy (non-hydrogen) atoms. The first kappa shape index (κ1) is 29.9. The van der Waals surface area contributed by atoms with Gasteiger partial charge in [-0.1, -0.05) is 48.5 Å². The van der Waals surface area contributed by atoms with Crippen molar-refractivity contribution in [3.05, 3.63) is 0 Å². The van der Waals surface area contributed by atoms with Gasteiger partial charge in [-0.05, 0) is 90.9 Å². The standard InChI is InChI=1S/C27H56O3/c1-21(20-25(10,11)26(12,13)29-18-16-22(2,3)4)30-27(14,15)24(8,9)17-19-28-23(5,6)7/h21H,16-20H2,1-15H3. The zero-order valence-corrected chi connectivity index (χ0v) is 23.3. The van der Waals surface area contributed by atoms with Crippen LogP contribution in [-0.4, -0.2) is 36.1 Å². The van der Waals surface area contributed by atoms with Gasteiger partial charge < -0.3 is 14.2 Å². The topological polar surface area (TPSA) is 27.7 Å². The fourth-order valence-electron chi connectivity index (χ4n) is 3.39. The normalized spacial score (nSPS) is 16.1. The van der Waals surface area contributed by atoms with Gasteiger partial charge in [0.15, 0.2) is 0 Å². The smallest absolute Gasteiger partial charge is 0.0681 e. The first-order chi connectivity index (χ1) is 13.0. The van der Waals surface area contributed by atoms with E-state index in [9.17, 15) is 0 Å². The molecule has 0 rings (SSSR count). The summed E-state index contributed by atoms with van der Waals surface area (Å²) in [7, 11) is 0. The van der Waals surface area contributed by atoms with Crippen LogP contribution in [-0.2, 0) is 14.2 Å². The van der Waals surface area contributed by atoms with Crippen molar-refractivity contribution in [3.63, 3.8) is 0 Å². The molecule has 3 nitrogen and oxygen atoms in total. The molecule has 0 radical (unpaired) electrons. The lowest BCUT2D eigenvalue weighted by Gasteiger charge is -2.47. The molecular formula is C27H56O3. The number of ether oxygens (including phenoxy) is 3. The Morgan fingerprint density at radius 1 is 0.567 bits per heavy atom. The SMILES string of the molecule is CC(CC(C)(C)C(C)(C)OCCC(C)(C)C)OC(C)(C)C(C)(C)CCOC(C)(C)C. The lowest BCUT2D eigenvalue weighted by Crippen LogP contribution is -2.48. The summed E-state index contributed by atoms with van der Waals surface area (Å²) in [6.07, 6.45) is 3.13. The van der Waals surface area contributed by atoms with E-state index in [1.807, 2.05) is 0 Å². The van der Waals surface area contributed by atoms with Crippen molar-refractivity contribution in [2.45, 2.75) is 146 Å². The molecular weight excluding hydrogens is 372 g/mol. The average Bonchev–Trinajstić information content (AvgIpc) is 2.41. The molecule has 0 aromatic carbocycles. The zero-order chi connectivity index (χ0) is 24.2. The summed E-state index contributed by atoms with van der Waals surface area (Å²) < 4.78 is 19.0. The summed E-state index contributed by atoms with van der Waals surface area (Å²) >= 11 is 0. The van der Waals surface area contributed by atoms with E-state index in [1.54, 1.807) is 0 Å². The van der Waals surface area contributed by atoms with Crippen molar-refractivity contribution in [2.75, 3.05) is 13.2 Å². The minimum Gasteiger partial charge on any atom is -0.376 e. The molecule has 0 amide bonds. The molecule has 0 spiro atoms. The van der Waals surface area contributed by atoms with Crippen LogP contribution in [0.1, 0.15) is 123 Å². The van der Waals surface area contributed by atoms with Gasteiger partial charge in [-0.3, -0.25) is 0 Å². The first-order valence-electron chi connectivity index (χ1n) is 12.0. The molecule has 0 bridgehead atoms. The molecule has 0 aliphatic carbocycles. The van der Waals surface area contributed by atoms with Gasteiger partial charge in [0.05, 0.1) is 22.9 Å². The van der Waals surface area contributed by atoms with Crippen molar-refractivity contribution < 1.29 is 14.2 Å². The molecule has 0 aromatic rings. The van der Waals surface area contributed by atoms with E-state index < -0.39 is 0 Å². The van der Waals surface area contributed by atoms with Gasteiger partial charge in [-0.2, -0.15) is 0 Å². The maximum Gasteiger partial charge on any atom is 0.0681 e. The van der Waals surface area contributed by atoms with Gasteiger partial charge in [-0.25, -0.2) is 0 Å². The number of hydrogen-bond donors (Lipinski definition) is 0. The molecule has 0 saturated carbocycles. The van der Waals surface area contributed by atoms with E-state index in [4.69, 9.17) is 14.2 Å². The Labute approximate surface area is 190 Å². The predicted molar refractivity (Wildman–Crippen MR) is 131 cm³/mol. The third kappa shape index (κ3) is 10.5. The minimum atomic E-state index is -0.249. The van der Waals surface area contributed by atoms with Crippen molar-refractivity contribution in [1.82, 2.24) is 0 Å². The second-order valence-corrected chi connectivity index (χ2v) is 13.8. The third-order valence-corrected chi connectivity index (χ3v) is 7.13. The van der Waals surface area contributed by atoms with Gasteiger partial charge >= 0.3 is 0 Å². The third-order valence-electron chi connectivity index (χ3n) is 7.13. The Kier molecular flexibility index (Phi) is 10.2. The molecule has 3 heteroatoms. The first-order valence-corrected chi connectivity index (χ1v) is 12.0. The lowest BCUT2D eigenvalue weighted by molar-refractivity contribution is -0.168. The van der Waals surface area contributed by atoms with Gasteiger partial charge in [-0.15, -0.1) is 0 Å². The molecule has 0 fully saturated rings. The molecule has 0 aliphatic rings. The largest absolute Gasteiger partial charge is 0.376 e. The monoisotopic (exact) mass is 428 g/mol. The molecule has 1 atom stereocenters. The predicted octanol–water partition coefficient (Wildman–Crippen LogP) is 8.05. The van der Waals surface area contributed by atoms with E-state index in [2.05, 4.69) is 104 Å². The fourth-order valence-corrected chi connectivity index (χ4v) is 3.39. The lowest BCUT2D eigenvalue weighted by atomic mass is 9.72. The summed E-state index contributed by atoms with van der Waals surface area (Å²) in [6, 6.07) is 0. The number of hydrogen-bond acceptors (Lipinski definition) is 3. The summed E-state index contributed by atoms with van der Waals surface area (Å²) in [5.41, 5.74) is -0.258. The second kappa shape index (κ2) is 10.2. The van der Waals surface area contributed by atoms with Crippen LogP contribution in [0.4, 0.5) is 0 Å². The van der Waals surface area contributed by atoms with E-state index >= 15 is 0 Å². The average molecular weight is 429 g/mol. The van der Waals surface area contributed by atoms with E-state index in [0.29, 0.717) is 5.41 Å². The van der Waals surface area contributed by atoms with Crippen LogP contribution in [0.2, 0.25) is 0 Å². The summed E-state index contributed by atoms with van der Waals surface area (Å²) in [4.78, 5) is 0. The van der Waals surface area contributed by atoms with Crippen LogP contribution >= 0.6 is 0 Å². The molecule has 0 aliphatic heterocycles. The highest BCUT2D eigenvalue weighted by molar-refractivity contribution is 4.92. The van der Waals surface area contributed by atoms with Gasteiger partial charge in [0.25, 0.3) is 0 Å². The summed E-state index contributed by atoms with van der Waals surface area (Å²) in [5, 5.41) is 0. The number of rotatable bonds is 12. The molecule has 0 heterocycles. The molecule has 182 valence electrons. The zero-order valence-electron chi connectivity index (χ0n) is 23.3. The molecule has 0 aromatic heterocycles. The van der Waals surface area contributed by atoms with Crippen LogP contribution in [0.3, 0.4) is 0 Å². The van der Waals surface area contributed by atoms with Crippen molar-refractivity contribution in [1.29, 1.82) is 0 Å². The van der Waals surface area contributed by atoms with Crippen LogP contribution in [0.15, 0.2) is 0 Å². The molecule has 1 unspecified atom stereocenters.